The van der Waals surface area contributed by atoms with Crippen molar-refractivity contribution in [2.45, 2.75) is 50.2 Å². The SMILES string of the molecule is CN(C)[C@H](CNC(=O)C[C@@H](c1ccccc1)C1(C(F)(F)F)CC1)Cc1ccc2c(c1)CC(=O)N2. The van der Waals surface area contributed by atoms with Gasteiger partial charge < -0.3 is 15.5 Å². The zero-order valence-corrected chi connectivity index (χ0v) is 19.4. The Bertz CT molecular complexity index is 1050. The van der Waals surface area contributed by atoms with Crippen LogP contribution in [0.5, 0.6) is 0 Å². The maximum absolute atomic E-state index is 13.9. The molecule has 0 saturated heterocycles. The number of carbonyl (C=O) groups is 2. The maximum atomic E-state index is 13.9. The Balaban J connectivity index is 1.41. The average Bonchev–Trinajstić information content (AvgIpc) is 3.51. The summed E-state index contributed by atoms with van der Waals surface area (Å²) in [4.78, 5) is 26.5. The van der Waals surface area contributed by atoms with E-state index in [2.05, 4.69) is 10.6 Å². The molecule has 182 valence electrons. The van der Waals surface area contributed by atoms with Gasteiger partial charge in [0.15, 0.2) is 0 Å². The van der Waals surface area contributed by atoms with E-state index in [-0.39, 0.29) is 37.1 Å². The number of hydrogen-bond acceptors (Lipinski definition) is 3. The molecular formula is C26H30F3N3O2. The summed E-state index contributed by atoms with van der Waals surface area (Å²) in [6.07, 6.45) is -3.43. The molecule has 0 spiro atoms. The fourth-order valence-electron chi connectivity index (χ4n) is 4.89. The highest BCUT2D eigenvalue weighted by Crippen LogP contribution is 2.66. The lowest BCUT2D eigenvalue weighted by atomic mass is 9.80. The first kappa shape index (κ1) is 24.3. The normalized spacial score (nSPS) is 18.2. The Morgan fingerprint density at radius 3 is 2.47 bits per heavy atom. The molecule has 1 saturated carbocycles. The monoisotopic (exact) mass is 473 g/mol. The molecule has 1 heterocycles. The molecule has 5 nitrogen and oxygen atoms in total. The van der Waals surface area contributed by atoms with E-state index in [0.717, 1.165) is 16.8 Å². The molecule has 2 aliphatic rings. The van der Waals surface area contributed by atoms with Gasteiger partial charge in [0.25, 0.3) is 0 Å². The number of anilines is 1. The van der Waals surface area contributed by atoms with Gasteiger partial charge in [-0.05, 0) is 56.1 Å². The molecule has 8 heteroatoms. The van der Waals surface area contributed by atoms with Gasteiger partial charge in [0.05, 0.1) is 11.8 Å². The molecule has 0 aromatic heterocycles. The van der Waals surface area contributed by atoms with Gasteiger partial charge in [0, 0.05) is 30.6 Å². The van der Waals surface area contributed by atoms with Crippen LogP contribution in [-0.4, -0.2) is 49.6 Å². The Morgan fingerprint density at radius 1 is 1.15 bits per heavy atom. The predicted molar refractivity (Wildman–Crippen MR) is 124 cm³/mol. The summed E-state index contributed by atoms with van der Waals surface area (Å²) in [5.74, 6) is -1.29. The minimum atomic E-state index is -4.34. The van der Waals surface area contributed by atoms with E-state index in [9.17, 15) is 22.8 Å². The van der Waals surface area contributed by atoms with Crippen molar-refractivity contribution in [3.05, 3.63) is 65.2 Å². The van der Waals surface area contributed by atoms with E-state index in [1.807, 2.05) is 37.2 Å². The zero-order valence-electron chi connectivity index (χ0n) is 19.4. The quantitative estimate of drug-likeness (QED) is 0.571. The van der Waals surface area contributed by atoms with Gasteiger partial charge in [0.1, 0.15) is 0 Å². The van der Waals surface area contributed by atoms with Crippen LogP contribution in [0.2, 0.25) is 0 Å². The number of benzene rings is 2. The number of fused-ring (bicyclic) bond motifs is 1. The molecule has 34 heavy (non-hydrogen) atoms. The lowest BCUT2D eigenvalue weighted by Gasteiger charge is -2.30. The summed E-state index contributed by atoms with van der Waals surface area (Å²) in [7, 11) is 3.82. The molecule has 1 aliphatic heterocycles. The topological polar surface area (TPSA) is 61.4 Å². The number of alkyl halides is 3. The first-order valence-electron chi connectivity index (χ1n) is 11.6. The van der Waals surface area contributed by atoms with Crippen LogP contribution in [0.3, 0.4) is 0 Å². The number of hydrogen-bond donors (Lipinski definition) is 2. The Hall–Kier alpha value is -2.87. The van der Waals surface area contributed by atoms with Gasteiger partial charge in [-0.1, -0.05) is 42.5 Å². The second-order valence-corrected chi connectivity index (χ2v) is 9.66. The third-order valence-electron chi connectivity index (χ3n) is 7.14. The van der Waals surface area contributed by atoms with Crippen LogP contribution in [0.4, 0.5) is 18.9 Å². The number of halogens is 3. The second kappa shape index (κ2) is 9.41. The lowest BCUT2D eigenvalue weighted by Crippen LogP contribution is -2.42. The largest absolute Gasteiger partial charge is 0.395 e. The maximum Gasteiger partial charge on any atom is 0.395 e. The second-order valence-electron chi connectivity index (χ2n) is 9.66. The van der Waals surface area contributed by atoms with Crippen molar-refractivity contribution in [3.63, 3.8) is 0 Å². The van der Waals surface area contributed by atoms with Crippen LogP contribution in [0.15, 0.2) is 48.5 Å². The fraction of sp³-hybridized carbons (Fsp3) is 0.462. The molecule has 2 amide bonds. The van der Waals surface area contributed by atoms with Gasteiger partial charge in [-0.2, -0.15) is 13.2 Å². The first-order valence-corrected chi connectivity index (χ1v) is 11.6. The third-order valence-corrected chi connectivity index (χ3v) is 7.14. The van der Waals surface area contributed by atoms with E-state index in [1.54, 1.807) is 30.3 Å². The number of amides is 2. The molecule has 2 atom stereocenters. The van der Waals surface area contributed by atoms with E-state index in [1.165, 1.54) is 0 Å². The molecule has 0 radical (unpaired) electrons. The molecule has 2 aromatic carbocycles. The molecule has 1 fully saturated rings. The summed E-state index contributed by atoms with van der Waals surface area (Å²) in [6.45, 7) is 0.320. The van der Waals surface area contributed by atoms with Crippen molar-refractivity contribution < 1.29 is 22.8 Å². The number of likely N-dealkylation sites (N-methyl/N-ethyl adjacent to an activating group) is 1. The molecule has 0 unspecified atom stereocenters. The minimum Gasteiger partial charge on any atom is -0.355 e. The fourth-order valence-corrected chi connectivity index (χ4v) is 4.89. The van der Waals surface area contributed by atoms with E-state index in [0.29, 0.717) is 24.9 Å². The van der Waals surface area contributed by atoms with Gasteiger partial charge in [-0.3, -0.25) is 9.59 Å². The third kappa shape index (κ3) is 5.12. The molecule has 4 rings (SSSR count). The van der Waals surface area contributed by atoms with Crippen LogP contribution in [-0.2, 0) is 22.4 Å². The predicted octanol–water partition coefficient (Wildman–Crippen LogP) is 4.29. The van der Waals surface area contributed by atoms with E-state index >= 15 is 0 Å². The molecule has 2 aromatic rings. The van der Waals surface area contributed by atoms with Crippen molar-refractivity contribution in [2.24, 2.45) is 5.41 Å². The van der Waals surface area contributed by atoms with Crippen molar-refractivity contribution in [3.8, 4) is 0 Å². The van der Waals surface area contributed by atoms with Crippen LogP contribution >= 0.6 is 0 Å². The van der Waals surface area contributed by atoms with Crippen LogP contribution < -0.4 is 10.6 Å². The highest BCUT2D eigenvalue weighted by atomic mass is 19.4. The van der Waals surface area contributed by atoms with Crippen LogP contribution in [0.25, 0.3) is 0 Å². The minimum absolute atomic E-state index is 0.0242. The average molecular weight is 474 g/mol. The van der Waals surface area contributed by atoms with Crippen molar-refractivity contribution in [1.82, 2.24) is 10.2 Å². The smallest absolute Gasteiger partial charge is 0.355 e. The van der Waals surface area contributed by atoms with Crippen LogP contribution in [0, 0.1) is 5.41 Å². The van der Waals surface area contributed by atoms with E-state index < -0.39 is 17.5 Å². The molecule has 2 N–H and O–H groups in total. The highest BCUT2D eigenvalue weighted by molar-refractivity contribution is 5.99. The number of carbonyl (C=O) groups excluding carboxylic acids is 2. The van der Waals surface area contributed by atoms with Gasteiger partial charge in [-0.25, -0.2) is 0 Å². The number of nitrogens with zero attached hydrogens (tertiary/aromatic N) is 1. The van der Waals surface area contributed by atoms with E-state index in [4.69, 9.17) is 0 Å². The molecular weight excluding hydrogens is 443 g/mol. The van der Waals surface area contributed by atoms with Gasteiger partial charge in [-0.15, -0.1) is 0 Å². The lowest BCUT2D eigenvalue weighted by molar-refractivity contribution is -0.194. The van der Waals surface area contributed by atoms with Crippen LogP contribution in [0.1, 0.15) is 41.9 Å². The van der Waals surface area contributed by atoms with Gasteiger partial charge in [0.2, 0.25) is 11.8 Å². The standard InChI is InChI=1S/C26H30F3N3O2/c1-32(2)20(13-17-8-9-22-19(12-17)14-24(34)31-22)16-30-23(33)15-21(18-6-4-3-5-7-18)25(10-11-25)26(27,28)29/h3-9,12,20-21H,10-11,13-16H2,1-2H3,(H,30,33)(H,31,34)/t20-,21-/m0/s1. The number of nitrogens with one attached hydrogen (secondary N) is 2. The first-order chi connectivity index (χ1) is 16.1. The summed E-state index contributed by atoms with van der Waals surface area (Å²) in [5, 5.41) is 5.69. The zero-order chi connectivity index (χ0) is 24.5. The summed E-state index contributed by atoms with van der Waals surface area (Å²) in [6, 6.07) is 14.4. The van der Waals surface area contributed by atoms with Gasteiger partial charge >= 0.3 is 6.18 Å². The summed E-state index contributed by atoms with van der Waals surface area (Å²) in [5.41, 5.74) is 1.56. The highest BCUT2D eigenvalue weighted by Gasteiger charge is 2.67. The Morgan fingerprint density at radius 2 is 1.85 bits per heavy atom. The van der Waals surface area contributed by atoms with Crippen molar-refractivity contribution in [2.75, 3.05) is 26.0 Å². The summed E-state index contributed by atoms with van der Waals surface area (Å²) < 4.78 is 41.7. The van der Waals surface area contributed by atoms with Crippen molar-refractivity contribution in [1.29, 1.82) is 0 Å². The number of rotatable bonds is 9. The molecule has 0 bridgehead atoms. The Labute approximate surface area is 197 Å². The molecule has 1 aliphatic carbocycles. The summed E-state index contributed by atoms with van der Waals surface area (Å²) >= 11 is 0. The van der Waals surface area contributed by atoms with Crippen molar-refractivity contribution >= 4 is 17.5 Å². The Kier molecular flexibility index (Phi) is 6.71.